The van der Waals surface area contributed by atoms with Gasteiger partial charge in [-0.3, -0.25) is 4.79 Å². The SMILES string of the molecule is CCC(C)n1c(C)cc(C)c(CNCC(C)C)c1=O. The molecule has 0 spiro atoms. The van der Waals surface area contributed by atoms with E-state index in [1.165, 1.54) is 0 Å². The van der Waals surface area contributed by atoms with Crippen molar-refractivity contribution in [3.63, 3.8) is 0 Å². The van der Waals surface area contributed by atoms with Gasteiger partial charge >= 0.3 is 0 Å². The summed E-state index contributed by atoms with van der Waals surface area (Å²) in [5.74, 6) is 0.600. The lowest BCUT2D eigenvalue weighted by molar-refractivity contribution is 0.492. The Balaban J connectivity index is 3.07. The summed E-state index contributed by atoms with van der Waals surface area (Å²) in [6, 6.07) is 2.39. The summed E-state index contributed by atoms with van der Waals surface area (Å²) in [6.45, 7) is 14.2. The molecule has 3 nitrogen and oxygen atoms in total. The zero-order valence-electron chi connectivity index (χ0n) is 13.2. The molecule has 0 aromatic carbocycles. The fourth-order valence-electron chi connectivity index (χ4n) is 2.38. The Bertz CT molecular complexity index is 474. The highest BCUT2D eigenvalue weighted by atomic mass is 16.1. The Morgan fingerprint density at radius 1 is 1.26 bits per heavy atom. The Morgan fingerprint density at radius 3 is 2.42 bits per heavy atom. The van der Waals surface area contributed by atoms with Crippen molar-refractivity contribution < 1.29 is 0 Å². The highest BCUT2D eigenvalue weighted by molar-refractivity contribution is 5.26. The molecular formula is C16H28N2O. The number of nitrogens with zero attached hydrogens (tertiary/aromatic N) is 1. The van der Waals surface area contributed by atoms with Gasteiger partial charge < -0.3 is 9.88 Å². The fraction of sp³-hybridized carbons (Fsp3) is 0.688. The van der Waals surface area contributed by atoms with Crippen molar-refractivity contribution in [1.29, 1.82) is 0 Å². The highest BCUT2D eigenvalue weighted by Crippen LogP contribution is 2.13. The molecule has 0 saturated heterocycles. The van der Waals surface area contributed by atoms with Gasteiger partial charge in [0.25, 0.3) is 5.56 Å². The molecule has 1 aromatic heterocycles. The van der Waals surface area contributed by atoms with Gasteiger partial charge in [0.1, 0.15) is 0 Å². The maximum absolute atomic E-state index is 12.6. The van der Waals surface area contributed by atoms with Crippen LogP contribution in [0.25, 0.3) is 0 Å². The first-order valence-corrected chi connectivity index (χ1v) is 7.30. The van der Waals surface area contributed by atoms with Crippen LogP contribution in [0.4, 0.5) is 0 Å². The molecule has 0 aliphatic rings. The molecule has 0 radical (unpaired) electrons. The summed E-state index contributed by atoms with van der Waals surface area (Å²) < 4.78 is 1.93. The van der Waals surface area contributed by atoms with Crippen LogP contribution in [-0.4, -0.2) is 11.1 Å². The molecule has 0 saturated carbocycles. The van der Waals surface area contributed by atoms with Crippen molar-refractivity contribution in [2.24, 2.45) is 5.92 Å². The number of pyridine rings is 1. The van der Waals surface area contributed by atoms with Crippen LogP contribution < -0.4 is 10.9 Å². The maximum atomic E-state index is 12.6. The molecule has 1 heterocycles. The van der Waals surface area contributed by atoms with E-state index in [1.54, 1.807) is 0 Å². The minimum Gasteiger partial charge on any atom is -0.312 e. The molecule has 19 heavy (non-hydrogen) atoms. The minimum absolute atomic E-state index is 0.170. The van der Waals surface area contributed by atoms with Crippen molar-refractivity contribution in [2.45, 2.75) is 60.5 Å². The Morgan fingerprint density at radius 2 is 1.89 bits per heavy atom. The van der Waals surface area contributed by atoms with Gasteiger partial charge in [0, 0.05) is 23.8 Å². The van der Waals surface area contributed by atoms with E-state index in [0.717, 1.165) is 29.8 Å². The smallest absolute Gasteiger partial charge is 0.255 e. The first-order valence-electron chi connectivity index (χ1n) is 7.30. The molecule has 0 amide bonds. The largest absolute Gasteiger partial charge is 0.312 e. The predicted molar refractivity (Wildman–Crippen MR) is 81.7 cm³/mol. The van der Waals surface area contributed by atoms with Crippen molar-refractivity contribution in [1.82, 2.24) is 9.88 Å². The van der Waals surface area contributed by atoms with E-state index in [0.29, 0.717) is 12.5 Å². The lowest BCUT2D eigenvalue weighted by Crippen LogP contribution is -2.32. The van der Waals surface area contributed by atoms with Gasteiger partial charge in [0.15, 0.2) is 0 Å². The highest BCUT2D eigenvalue weighted by Gasteiger charge is 2.13. The molecule has 1 unspecified atom stereocenters. The quantitative estimate of drug-likeness (QED) is 0.856. The average molecular weight is 264 g/mol. The van der Waals surface area contributed by atoms with Crippen molar-refractivity contribution in [3.8, 4) is 0 Å². The molecule has 1 rings (SSSR count). The second-order valence-corrected chi connectivity index (χ2v) is 5.90. The number of hydrogen-bond donors (Lipinski definition) is 1. The van der Waals surface area contributed by atoms with Crippen LogP contribution in [0.5, 0.6) is 0 Å². The Labute approximate surface area is 117 Å². The van der Waals surface area contributed by atoms with Crippen LogP contribution in [0.1, 0.15) is 57.0 Å². The molecule has 0 fully saturated rings. The normalized spacial score (nSPS) is 13.0. The molecule has 3 heteroatoms. The van der Waals surface area contributed by atoms with Gasteiger partial charge in [-0.25, -0.2) is 0 Å². The van der Waals surface area contributed by atoms with E-state index in [-0.39, 0.29) is 11.6 Å². The summed E-state index contributed by atoms with van der Waals surface area (Å²) in [6.07, 6.45) is 0.975. The van der Waals surface area contributed by atoms with Crippen LogP contribution >= 0.6 is 0 Å². The molecule has 0 bridgehead atoms. The van der Waals surface area contributed by atoms with Gasteiger partial charge in [0.05, 0.1) is 0 Å². The summed E-state index contributed by atoms with van der Waals surface area (Å²) >= 11 is 0. The molecular weight excluding hydrogens is 236 g/mol. The number of hydrogen-bond acceptors (Lipinski definition) is 2. The average Bonchev–Trinajstić information content (AvgIpc) is 2.32. The molecule has 0 aliphatic heterocycles. The van der Waals surface area contributed by atoms with E-state index >= 15 is 0 Å². The van der Waals surface area contributed by atoms with Crippen molar-refractivity contribution >= 4 is 0 Å². The van der Waals surface area contributed by atoms with Gasteiger partial charge in [0.2, 0.25) is 0 Å². The Kier molecular flexibility index (Phi) is 5.80. The molecule has 0 aliphatic carbocycles. The topological polar surface area (TPSA) is 34.0 Å². The van der Waals surface area contributed by atoms with E-state index in [4.69, 9.17) is 0 Å². The van der Waals surface area contributed by atoms with Crippen LogP contribution in [0.15, 0.2) is 10.9 Å². The predicted octanol–water partition coefficient (Wildman–Crippen LogP) is 3.18. The number of aromatic nitrogens is 1. The van der Waals surface area contributed by atoms with Crippen LogP contribution in [0.3, 0.4) is 0 Å². The summed E-state index contributed by atoms with van der Waals surface area (Å²) in [7, 11) is 0. The first kappa shape index (κ1) is 16.0. The number of nitrogens with one attached hydrogen (secondary N) is 1. The van der Waals surface area contributed by atoms with Gasteiger partial charge in [-0.15, -0.1) is 0 Å². The lowest BCUT2D eigenvalue weighted by Gasteiger charge is -2.20. The van der Waals surface area contributed by atoms with Crippen LogP contribution in [0.2, 0.25) is 0 Å². The summed E-state index contributed by atoms with van der Waals surface area (Å²) in [5.41, 5.74) is 3.23. The monoisotopic (exact) mass is 264 g/mol. The van der Waals surface area contributed by atoms with Crippen molar-refractivity contribution in [3.05, 3.63) is 33.2 Å². The van der Waals surface area contributed by atoms with Crippen LogP contribution in [0, 0.1) is 19.8 Å². The van der Waals surface area contributed by atoms with E-state index in [2.05, 4.69) is 39.1 Å². The molecule has 108 valence electrons. The van der Waals surface area contributed by atoms with E-state index in [9.17, 15) is 4.79 Å². The van der Waals surface area contributed by atoms with Gasteiger partial charge in [-0.1, -0.05) is 20.8 Å². The van der Waals surface area contributed by atoms with Crippen LogP contribution in [-0.2, 0) is 6.54 Å². The molecule has 1 aromatic rings. The van der Waals surface area contributed by atoms with E-state index in [1.807, 2.05) is 18.4 Å². The zero-order valence-corrected chi connectivity index (χ0v) is 13.2. The second kappa shape index (κ2) is 6.90. The number of rotatable bonds is 6. The first-order chi connectivity index (χ1) is 8.88. The third-order valence-corrected chi connectivity index (χ3v) is 3.64. The third kappa shape index (κ3) is 3.93. The number of aryl methyl sites for hydroxylation is 2. The lowest BCUT2D eigenvalue weighted by atomic mass is 10.1. The molecule has 1 atom stereocenters. The summed E-state index contributed by atoms with van der Waals surface area (Å²) in [5, 5.41) is 3.37. The standard InChI is InChI=1S/C16H28N2O/c1-7-13(5)18-14(6)8-12(4)15(16(18)19)10-17-9-11(2)3/h8,11,13,17H,7,9-10H2,1-6H3. The molecule has 1 N–H and O–H groups in total. The zero-order chi connectivity index (χ0) is 14.6. The second-order valence-electron chi connectivity index (χ2n) is 5.90. The maximum Gasteiger partial charge on any atom is 0.255 e. The minimum atomic E-state index is 0.170. The third-order valence-electron chi connectivity index (χ3n) is 3.64. The Hall–Kier alpha value is -1.09. The van der Waals surface area contributed by atoms with Gasteiger partial charge in [-0.2, -0.15) is 0 Å². The fourth-order valence-corrected chi connectivity index (χ4v) is 2.38. The summed E-state index contributed by atoms with van der Waals surface area (Å²) in [4.78, 5) is 12.6. The van der Waals surface area contributed by atoms with Crippen molar-refractivity contribution in [2.75, 3.05) is 6.54 Å². The van der Waals surface area contributed by atoms with E-state index < -0.39 is 0 Å². The van der Waals surface area contributed by atoms with Gasteiger partial charge in [-0.05, 0) is 51.3 Å².